The molecule has 0 aromatic heterocycles. The van der Waals surface area contributed by atoms with E-state index in [1.165, 1.54) is 95.0 Å². The molecule has 33 heavy (non-hydrogen) atoms. The molecule has 0 rings (SSSR count). The molecule has 0 aliphatic rings. The summed E-state index contributed by atoms with van der Waals surface area (Å²) < 4.78 is 44.6. The van der Waals surface area contributed by atoms with Gasteiger partial charge in [0.1, 0.15) is 17.3 Å². The number of esters is 1. The first-order valence-corrected chi connectivity index (χ1v) is 15.1. The third-order valence-corrected chi connectivity index (χ3v) is 8.28. The minimum atomic E-state index is -6.00. The van der Waals surface area contributed by atoms with Gasteiger partial charge in [0.2, 0.25) is 0 Å². The number of carbonyl (C=O) groups excluding carboxylic acids is 1. The predicted molar refractivity (Wildman–Crippen MR) is 139 cm³/mol. The van der Waals surface area contributed by atoms with Gasteiger partial charge in [0.25, 0.3) is 0 Å². The van der Waals surface area contributed by atoms with Crippen LogP contribution in [0.15, 0.2) is 0 Å². The van der Waals surface area contributed by atoms with Crippen LogP contribution in [0.25, 0.3) is 0 Å². The molecule has 2 nitrogen and oxygen atoms in total. The maximum absolute atomic E-state index is 12.1. The molecule has 0 fully saturated rings. The number of ether oxygens (including phenoxy) is 1. The molecule has 0 saturated carbocycles. The second-order valence-electron chi connectivity index (χ2n) is 8.84. The Morgan fingerprint density at radius 2 is 1.24 bits per heavy atom. The summed E-state index contributed by atoms with van der Waals surface area (Å²) in [7, 11) is -5.59. The van der Waals surface area contributed by atoms with E-state index < -0.39 is 7.25 Å². The molecule has 0 aromatic carbocycles. The van der Waals surface area contributed by atoms with E-state index in [1.807, 2.05) is 0 Å². The highest BCUT2D eigenvalue weighted by molar-refractivity contribution is 7.96. The molecule has 0 radical (unpaired) electrons. The number of rotatable bonds is 21. The average Bonchev–Trinajstić information content (AvgIpc) is 2.76. The van der Waals surface area contributed by atoms with Gasteiger partial charge in [0, 0.05) is 0 Å². The van der Waals surface area contributed by atoms with Crippen molar-refractivity contribution in [3.8, 4) is 0 Å². The molecule has 0 bridgehead atoms. The molecule has 0 amide bonds. The van der Waals surface area contributed by atoms with Crippen molar-refractivity contribution in [1.82, 2.24) is 0 Å². The van der Waals surface area contributed by atoms with Crippen LogP contribution in [0, 0.1) is 5.92 Å². The van der Waals surface area contributed by atoms with Gasteiger partial charge >= 0.3 is 13.2 Å². The molecule has 0 heterocycles. The zero-order valence-corrected chi connectivity index (χ0v) is 22.6. The number of unbranched alkanes of at least 4 members (excludes halogenated alkanes) is 10. The lowest BCUT2D eigenvalue weighted by Gasteiger charge is -2.14. The van der Waals surface area contributed by atoms with Crippen LogP contribution in [0.2, 0.25) is 0 Å². The van der Waals surface area contributed by atoms with Gasteiger partial charge in [0.15, 0.2) is 0 Å². The van der Waals surface area contributed by atoms with E-state index in [2.05, 4.69) is 27.7 Å². The zero-order valence-electron chi connectivity index (χ0n) is 21.8. The van der Waals surface area contributed by atoms with Crippen molar-refractivity contribution in [3.63, 3.8) is 0 Å². The Balaban J connectivity index is 0. The van der Waals surface area contributed by atoms with Gasteiger partial charge in [-0.05, 0) is 43.0 Å². The van der Waals surface area contributed by atoms with E-state index in [4.69, 9.17) is 4.74 Å². The summed E-state index contributed by atoms with van der Waals surface area (Å²) in [6, 6.07) is 0. The quantitative estimate of drug-likeness (QED) is 0.0515. The molecule has 2 atom stereocenters. The minimum absolute atomic E-state index is 0.0315. The molecule has 0 aliphatic carbocycles. The van der Waals surface area contributed by atoms with Gasteiger partial charge in [0.05, 0.1) is 13.0 Å². The van der Waals surface area contributed by atoms with E-state index in [1.54, 1.807) is 0 Å². The largest absolute Gasteiger partial charge is 0.673 e. The Morgan fingerprint density at radius 3 is 1.70 bits per heavy atom. The van der Waals surface area contributed by atoms with Gasteiger partial charge in [-0.3, -0.25) is 4.79 Å². The summed E-state index contributed by atoms with van der Waals surface area (Å²) in [6.07, 6.45) is 19.4. The summed E-state index contributed by atoms with van der Waals surface area (Å²) in [5.74, 6) is 4.16. The minimum Gasteiger partial charge on any atom is -0.465 e. The molecule has 0 aromatic rings. The Morgan fingerprint density at radius 1 is 0.758 bits per heavy atom. The molecule has 8 heteroatoms. The Hall–Kier alpha value is -0.395. The summed E-state index contributed by atoms with van der Waals surface area (Å²) in [5.41, 5.74) is 0. The van der Waals surface area contributed by atoms with Gasteiger partial charge < -0.3 is 22.0 Å². The first kappa shape index (κ1) is 34.8. The number of carbonyl (C=O) groups is 1. The fourth-order valence-corrected chi connectivity index (χ4v) is 5.44. The monoisotopic (exact) mass is 502 g/mol. The van der Waals surface area contributed by atoms with Crippen LogP contribution in [-0.2, 0) is 20.4 Å². The maximum atomic E-state index is 12.1. The fourth-order valence-electron chi connectivity index (χ4n) is 3.59. The van der Waals surface area contributed by atoms with Crippen LogP contribution < -0.4 is 0 Å². The van der Waals surface area contributed by atoms with E-state index >= 15 is 0 Å². The second-order valence-corrected chi connectivity index (χ2v) is 11.5. The van der Waals surface area contributed by atoms with Gasteiger partial charge in [-0.2, -0.15) is 0 Å². The molecule has 200 valence electrons. The highest BCUT2D eigenvalue weighted by Crippen LogP contribution is 2.14. The normalized spacial score (nSPS) is 13.2. The first-order valence-electron chi connectivity index (χ1n) is 13.3. The Labute approximate surface area is 204 Å². The van der Waals surface area contributed by atoms with Crippen LogP contribution >= 0.6 is 0 Å². The molecule has 2 unspecified atom stereocenters. The van der Waals surface area contributed by atoms with E-state index in [0.717, 1.165) is 12.2 Å². The molecule has 0 N–H and O–H groups in total. The highest BCUT2D eigenvalue weighted by atomic mass is 32.2. The van der Waals surface area contributed by atoms with Crippen molar-refractivity contribution in [2.75, 3.05) is 23.9 Å². The standard InChI is InChI=1S/C25H51O2S.BF4/c1-5-9-11-12-13-14-15-16-17-18-21-28(8-4)22-20-25(26)27-23-24(7-3)19-10-6-2;2-1(3,4)5/h24H,5-23H2,1-4H3;/q+1;-1. The molecule has 0 aliphatic heterocycles. The topological polar surface area (TPSA) is 26.3 Å². The van der Waals surface area contributed by atoms with Crippen LogP contribution in [0.1, 0.15) is 124 Å². The Kier molecular flexibility index (Phi) is 26.0. The van der Waals surface area contributed by atoms with Crippen LogP contribution in [0.5, 0.6) is 0 Å². The smallest absolute Gasteiger partial charge is 0.465 e. The molecular formula is C25H51BF4O2S. The van der Waals surface area contributed by atoms with Crippen LogP contribution in [0.4, 0.5) is 17.3 Å². The third-order valence-electron chi connectivity index (χ3n) is 5.81. The highest BCUT2D eigenvalue weighted by Gasteiger charge is 2.20. The molecule has 0 spiro atoms. The number of hydrogen-bond acceptors (Lipinski definition) is 2. The number of hydrogen-bond donors (Lipinski definition) is 0. The van der Waals surface area contributed by atoms with Crippen molar-refractivity contribution in [2.24, 2.45) is 5.92 Å². The van der Waals surface area contributed by atoms with E-state index in [-0.39, 0.29) is 5.97 Å². The summed E-state index contributed by atoms with van der Waals surface area (Å²) in [4.78, 5) is 12.1. The average molecular weight is 503 g/mol. The molecule has 0 saturated heterocycles. The lowest BCUT2D eigenvalue weighted by Crippen LogP contribution is -2.20. The third kappa shape index (κ3) is 31.6. The zero-order chi connectivity index (χ0) is 25.4. The van der Waals surface area contributed by atoms with Gasteiger partial charge in [-0.1, -0.05) is 91.4 Å². The van der Waals surface area contributed by atoms with Crippen molar-refractivity contribution in [1.29, 1.82) is 0 Å². The second kappa shape index (κ2) is 24.7. The lowest BCUT2D eigenvalue weighted by molar-refractivity contribution is -0.144. The van der Waals surface area contributed by atoms with Gasteiger partial charge in [-0.15, -0.1) is 0 Å². The number of halogens is 4. The SMILES string of the molecule is CCCCCCCCCCCC[S+](CC)CCC(=O)OCC(CC)CCCC.F[B-](F)(F)F. The first-order chi connectivity index (χ1) is 15.7. The van der Waals surface area contributed by atoms with Crippen molar-refractivity contribution >= 4 is 24.1 Å². The Bertz CT molecular complexity index is 420. The van der Waals surface area contributed by atoms with Crippen molar-refractivity contribution < 1.29 is 26.8 Å². The van der Waals surface area contributed by atoms with Crippen LogP contribution in [0.3, 0.4) is 0 Å². The summed E-state index contributed by atoms with van der Waals surface area (Å²) >= 11 is 0. The van der Waals surface area contributed by atoms with Crippen LogP contribution in [-0.4, -0.2) is 37.1 Å². The maximum Gasteiger partial charge on any atom is 0.673 e. The molecular weight excluding hydrogens is 451 g/mol. The van der Waals surface area contributed by atoms with Crippen molar-refractivity contribution in [2.45, 2.75) is 124 Å². The summed E-state index contributed by atoms with van der Waals surface area (Å²) in [6.45, 7) is 9.62. The predicted octanol–water partition coefficient (Wildman–Crippen LogP) is 9.00. The van der Waals surface area contributed by atoms with E-state index in [0.29, 0.717) is 29.8 Å². The lowest BCUT2D eigenvalue weighted by atomic mass is 10.0. The van der Waals surface area contributed by atoms with Gasteiger partial charge in [-0.25, -0.2) is 0 Å². The van der Waals surface area contributed by atoms with Crippen molar-refractivity contribution in [3.05, 3.63) is 0 Å². The summed E-state index contributed by atoms with van der Waals surface area (Å²) in [5, 5.41) is 0. The fraction of sp³-hybridized carbons (Fsp3) is 0.960. The van der Waals surface area contributed by atoms with E-state index in [9.17, 15) is 22.1 Å².